The topological polar surface area (TPSA) is 67.4 Å². The van der Waals surface area contributed by atoms with E-state index >= 15 is 0 Å². The number of hydrogen-bond donors (Lipinski definition) is 2. The molecule has 1 aromatic carbocycles. The van der Waals surface area contributed by atoms with Crippen molar-refractivity contribution in [2.24, 2.45) is 5.92 Å². The smallest absolute Gasteiger partial charge is 0.267 e. The van der Waals surface area contributed by atoms with Gasteiger partial charge in [0, 0.05) is 17.0 Å². The minimum Gasteiger partial charge on any atom is -0.497 e. The lowest BCUT2D eigenvalue weighted by atomic mass is 9.99. The van der Waals surface area contributed by atoms with Crippen LogP contribution >= 0.6 is 11.3 Å². The lowest BCUT2D eigenvalue weighted by Gasteiger charge is -2.16. The van der Waals surface area contributed by atoms with Crippen LogP contribution in [0.2, 0.25) is 0 Å². The third kappa shape index (κ3) is 7.38. The van der Waals surface area contributed by atoms with Crippen LogP contribution in [0.1, 0.15) is 54.8 Å². The molecule has 1 heterocycles. The zero-order chi connectivity index (χ0) is 21.1. The Kier molecular flexibility index (Phi) is 9.44. The number of carbonyl (C=O) groups excluding carboxylic acids is 2. The minimum absolute atomic E-state index is 0.249. The van der Waals surface area contributed by atoms with Crippen LogP contribution in [0.25, 0.3) is 6.08 Å². The number of methoxy groups -OCH3 is 1. The number of benzene rings is 1. The van der Waals surface area contributed by atoms with Crippen LogP contribution in [0.4, 0.5) is 0 Å². The molecule has 6 heteroatoms. The van der Waals surface area contributed by atoms with Crippen molar-refractivity contribution in [3.05, 3.63) is 57.9 Å². The molecule has 2 aromatic rings. The second kappa shape index (κ2) is 12.1. The van der Waals surface area contributed by atoms with Crippen molar-refractivity contribution < 1.29 is 14.3 Å². The highest BCUT2D eigenvalue weighted by atomic mass is 32.1. The molecule has 0 aliphatic carbocycles. The molecule has 0 bridgehead atoms. The zero-order valence-electron chi connectivity index (χ0n) is 17.4. The summed E-state index contributed by atoms with van der Waals surface area (Å²) in [7, 11) is 1.57. The first-order valence-corrected chi connectivity index (χ1v) is 10.9. The van der Waals surface area contributed by atoms with E-state index < -0.39 is 0 Å². The molecular weight excluding hydrogens is 384 g/mol. The fraction of sp³-hybridized carbons (Fsp3) is 0.391. The fourth-order valence-electron chi connectivity index (χ4n) is 2.89. The van der Waals surface area contributed by atoms with Gasteiger partial charge in [0.1, 0.15) is 11.4 Å². The first kappa shape index (κ1) is 22.7. The number of ether oxygens (including phenoxy) is 1. The van der Waals surface area contributed by atoms with Crippen LogP contribution in [0.15, 0.2) is 47.5 Å². The molecule has 1 aromatic heterocycles. The van der Waals surface area contributed by atoms with Gasteiger partial charge in [0.25, 0.3) is 11.8 Å². The molecule has 5 nitrogen and oxygen atoms in total. The Hall–Kier alpha value is -2.60. The predicted octanol–water partition coefficient (Wildman–Crippen LogP) is 4.86. The third-order valence-corrected chi connectivity index (χ3v) is 5.59. The average Bonchev–Trinajstić information content (AvgIpc) is 3.26. The minimum atomic E-state index is -0.330. The van der Waals surface area contributed by atoms with Gasteiger partial charge in [0.05, 0.1) is 7.11 Å². The molecule has 0 aliphatic rings. The monoisotopic (exact) mass is 414 g/mol. The van der Waals surface area contributed by atoms with Crippen molar-refractivity contribution in [3.8, 4) is 5.75 Å². The van der Waals surface area contributed by atoms with Crippen LogP contribution in [0, 0.1) is 5.92 Å². The molecule has 29 heavy (non-hydrogen) atoms. The summed E-state index contributed by atoms with van der Waals surface area (Å²) in [5.74, 6) is 0.518. The van der Waals surface area contributed by atoms with Gasteiger partial charge in [-0.2, -0.15) is 0 Å². The zero-order valence-corrected chi connectivity index (χ0v) is 18.2. The van der Waals surface area contributed by atoms with E-state index in [1.165, 1.54) is 11.3 Å². The quantitative estimate of drug-likeness (QED) is 0.516. The first-order valence-electron chi connectivity index (χ1n) is 10.1. The Morgan fingerprint density at radius 2 is 1.93 bits per heavy atom. The summed E-state index contributed by atoms with van der Waals surface area (Å²) in [6.07, 6.45) is 6.12. The van der Waals surface area contributed by atoms with E-state index in [-0.39, 0.29) is 17.5 Å². The lowest BCUT2D eigenvalue weighted by Crippen LogP contribution is -2.37. The van der Waals surface area contributed by atoms with Crippen molar-refractivity contribution in [2.75, 3.05) is 13.7 Å². The largest absolute Gasteiger partial charge is 0.497 e. The first-order chi connectivity index (χ1) is 14.1. The summed E-state index contributed by atoms with van der Waals surface area (Å²) in [6, 6.07) is 10.6. The molecule has 2 N–H and O–H groups in total. The maximum atomic E-state index is 12.8. The number of amides is 2. The Labute approximate surface area is 177 Å². The number of nitrogens with one attached hydrogen (secondary N) is 2. The van der Waals surface area contributed by atoms with Gasteiger partial charge in [-0.15, -0.1) is 11.3 Å². The van der Waals surface area contributed by atoms with E-state index in [1.54, 1.807) is 37.5 Å². The standard InChI is InChI=1S/C23H30N2O3S/c1-4-6-8-17(5-2)16-24-23(27)21(15-20-9-7-14-29-20)25-22(26)18-10-12-19(28-3)13-11-18/h7,9-15,17H,4-6,8,16H2,1-3H3,(H,24,27)(H,25,26)/b21-15-/t17-/m0/s1. The number of unbranched alkanes of at least 4 members (excludes halogenated alkanes) is 1. The number of hydrogen-bond acceptors (Lipinski definition) is 4. The second-order valence-electron chi connectivity index (χ2n) is 6.88. The Balaban J connectivity index is 2.10. The Bertz CT molecular complexity index is 798. The van der Waals surface area contributed by atoms with E-state index in [4.69, 9.17) is 4.74 Å². The molecule has 0 saturated heterocycles. The molecule has 0 saturated carbocycles. The van der Waals surface area contributed by atoms with Crippen molar-refractivity contribution in [3.63, 3.8) is 0 Å². The van der Waals surface area contributed by atoms with Gasteiger partial charge in [0.15, 0.2) is 0 Å². The average molecular weight is 415 g/mol. The molecule has 0 aliphatic heterocycles. The van der Waals surface area contributed by atoms with Crippen molar-refractivity contribution in [2.45, 2.75) is 39.5 Å². The van der Waals surface area contributed by atoms with Crippen molar-refractivity contribution in [1.29, 1.82) is 0 Å². The highest BCUT2D eigenvalue weighted by molar-refractivity contribution is 7.10. The van der Waals surface area contributed by atoms with Gasteiger partial charge >= 0.3 is 0 Å². The van der Waals surface area contributed by atoms with E-state index in [1.807, 2.05) is 17.5 Å². The molecular formula is C23H30N2O3S. The Morgan fingerprint density at radius 1 is 1.17 bits per heavy atom. The molecule has 1 atom stereocenters. The van der Waals surface area contributed by atoms with Crippen LogP contribution in [0.3, 0.4) is 0 Å². The number of rotatable bonds is 11. The van der Waals surface area contributed by atoms with Gasteiger partial charge in [0.2, 0.25) is 0 Å². The SMILES string of the molecule is CCCC[C@H](CC)CNC(=O)/C(=C/c1cccs1)NC(=O)c1ccc(OC)cc1. The van der Waals surface area contributed by atoms with Crippen molar-refractivity contribution in [1.82, 2.24) is 10.6 Å². The van der Waals surface area contributed by atoms with Crippen LogP contribution in [0.5, 0.6) is 5.75 Å². The number of thiophene rings is 1. The molecule has 0 radical (unpaired) electrons. The second-order valence-corrected chi connectivity index (χ2v) is 7.86. The van der Waals surface area contributed by atoms with Gasteiger partial charge < -0.3 is 15.4 Å². The van der Waals surface area contributed by atoms with E-state index in [0.717, 1.165) is 30.6 Å². The molecule has 156 valence electrons. The van der Waals surface area contributed by atoms with Gasteiger partial charge in [-0.05, 0) is 54.1 Å². The maximum absolute atomic E-state index is 12.8. The summed E-state index contributed by atoms with van der Waals surface area (Å²) in [5, 5.41) is 7.70. The maximum Gasteiger partial charge on any atom is 0.267 e. The summed E-state index contributed by atoms with van der Waals surface area (Å²) < 4.78 is 5.13. The van der Waals surface area contributed by atoms with E-state index in [9.17, 15) is 9.59 Å². The number of carbonyl (C=O) groups is 2. The van der Waals surface area contributed by atoms with Crippen LogP contribution in [-0.2, 0) is 4.79 Å². The van der Waals surface area contributed by atoms with Gasteiger partial charge in [-0.3, -0.25) is 9.59 Å². The Morgan fingerprint density at radius 3 is 2.52 bits per heavy atom. The highest BCUT2D eigenvalue weighted by Gasteiger charge is 2.16. The highest BCUT2D eigenvalue weighted by Crippen LogP contribution is 2.15. The normalized spacial score (nSPS) is 12.3. The van der Waals surface area contributed by atoms with Crippen LogP contribution < -0.4 is 15.4 Å². The molecule has 0 unspecified atom stereocenters. The van der Waals surface area contributed by atoms with E-state index in [2.05, 4.69) is 24.5 Å². The predicted molar refractivity (Wildman–Crippen MR) is 119 cm³/mol. The summed E-state index contributed by atoms with van der Waals surface area (Å²) in [5.41, 5.74) is 0.712. The molecule has 2 rings (SSSR count). The van der Waals surface area contributed by atoms with Gasteiger partial charge in [-0.1, -0.05) is 39.2 Å². The summed E-state index contributed by atoms with van der Waals surface area (Å²) in [6.45, 7) is 4.91. The lowest BCUT2D eigenvalue weighted by molar-refractivity contribution is -0.117. The van der Waals surface area contributed by atoms with E-state index in [0.29, 0.717) is 23.8 Å². The fourth-order valence-corrected chi connectivity index (χ4v) is 3.54. The molecule has 2 amide bonds. The molecule has 0 fully saturated rings. The van der Waals surface area contributed by atoms with Crippen molar-refractivity contribution >= 4 is 29.2 Å². The molecule has 0 spiro atoms. The van der Waals surface area contributed by atoms with Gasteiger partial charge in [-0.25, -0.2) is 0 Å². The summed E-state index contributed by atoms with van der Waals surface area (Å²) >= 11 is 1.51. The van der Waals surface area contributed by atoms with Crippen LogP contribution in [-0.4, -0.2) is 25.5 Å². The third-order valence-electron chi connectivity index (χ3n) is 4.77. The summed E-state index contributed by atoms with van der Waals surface area (Å²) in [4.78, 5) is 26.4.